The van der Waals surface area contributed by atoms with Crippen molar-refractivity contribution in [3.8, 4) is 0 Å². The fourth-order valence-electron chi connectivity index (χ4n) is 1.16. The summed E-state index contributed by atoms with van der Waals surface area (Å²) in [6.45, 7) is 10.2. The van der Waals surface area contributed by atoms with Crippen LogP contribution in [0.25, 0.3) is 0 Å². The standard InChI is InChI=1S/C9H16INO/c1-5(2)7-8(12-7)9(10)11-6(3)4/h6-9,11H,1H2,2-4H3/t7-,8?,9?/m0/s1. The smallest absolute Gasteiger partial charge is 0.113 e. The van der Waals surface area contributed by atoms with Crippen molar-refractivity contribution in [2.24, 2.45) is 0 Å². The molecule has 0 aromatic carbocycles. The number of ether oxygens (including phenoxy) is 1. The zero-order valence-electron chi connectivity index (χ0n) is 7.80. The van der Waals surface area contributed by atoms with E-state index in [2.05, 4.69) is 48.3 Å². The second-order valence-corrected chi connectivity index (χ2v) is 4.93. The van der Waals surface area contributed by atoms with E-state index >= 15 is 0 Å². The van der Waals surface area contributed by atoms with Gasteiger partial charge in [0.15, 0.2) is 0 Å². The molecule has 0 spiro atoms. The van der Waals surface area contributed by atoms with Gasteiger partial charge in [-0.3, -0.25) is 0 Å². The number of halogens is 1. The Hall–Kier alpha value is 0.390. The molecule has 1 N–H and O–H groups in total. The second kappa shape index (κ2) is 4.07. The Labute approximate surface area is 87.9 Å². The highest BCUT2D eigenvalue weighted by atomic mass is 127. The highest BCUT2D eigenvalue weighted by Crippen LogP contribution is 2.33. The summed E-state index contributed by atoms with van der Waals surface area (Å²) in [5.41, 5.74) is 1.13. The summed E-state index contributed by atoms with van der Waals surface area (Å²) < 4.78 is 5.88. The Morgan fingerprint density at radius 3 is 2.50 bits per heavy atom. The highest BCUT2D eigenvalue weighted by molar-refractivity contribution is 14.1. The lowest BCUT2D eigenvalue weighted by Gasteiger charge is -2.12. The predicted octanol–water partition coefficient (Wildman–Crippen LogP) is 2.09. The molecule has 70 valence electrons. The summed E-state index contributed by atoms with van der Waals surface area (Å²) in [5.74, 6) is 0. The third-order valence-electron chi connectivity index (χ3n) is 1.79. The lowest BCUT2D eigenvalue weighted by molar-refractivity contribution is 0.365. The first-order chi connectivity index (χ1) is 5.52. The number of hydrogen-bond acceptors (Lipinski definition) is 2. The molecule has 3 atom stereocenters. The van der Waals surface area contributed by atoms with Gasteiger partial charge in [0.2, 0.25) is 0 Å². The van der Waals surface area contributed by atoms with Gasteiger partial charge in [0.05, 0.1) is 4.05 Å². The van der Waals surface area contributed by atoms with Crippen LogP contribution < -0.4 is 5.32 Å². The minimum absolute atomic E-state index is 0.290. The molecular formula is C9H16INO. The van der Waals surface area contributed by atoms with Crippen molar-refractivity contribution in [1.29, 1.82) is 0 Å². The van der Waals surface area contributed by atoms with Gasteiger partial charge in [0.1, 0.15) is 12.2 Å². The van der Waals surface area contributed by atoms with Crippen molar-refractivity contribution in [2.75, 3.05) is 0 Å². The van der Waals surface area contributed by atoms with E-state index in [9.17, 15) is 0 Å². The van der Waals surface area contributed by atoms with Crippen molar-refractivity contribution < 1.29 is 4.74 Å². The van der Waals surface area contributed by atoms with Crippen LogP contribution in [0.15, 0.2) is 12.2 Å². The fourth-order valence-corrected chi connectivity index (χ4v) is 2.42. The Morgan fingerprint density at radius 2 is 2.17 bits per heavy atom. The first-order valence-electron chi connectivity index (χ1n) is 4.23. The van der Waals surface area contributed by atoms with Gasteiger partial charge in [0, 0.05) is 6.04 Å². The Balaban J connectivity index is 2.28. The topological polar surface area (TPSA) is 24.6 Å². The van der Waals surface area contributed by atoms with Crippen molar-refractivity contribution in [1.82, 2.24) is 5.32 Å². The van der Waals surface area contributed by atoms with Gasteiger partial charge in [-0.1, -0.05) is 29.2 Å². The molecule has 0 aromatic rings. The molecular weight excluding hydrogens is 265 g/mol. The molecule has 2 unspecified atom stereocenters. The van der Waals surface area contributed by atoms with Crippen LogP contribution in [0.4, 0.5) is 0 Å². The van der Waals surface area contributed by atoms with E-state index in [1.807, 2.05) is 6.92 Å². The van der Waals surface area contributed by atoms with E-state index in [-0.39, 0.29) is 6.10 Å². The van der Waals surface area contributed by atoms with E-state index < -0.39 is 0 Å². The van der Waals surface area contributed by atoms with Gasteiger partial charge in [-0.2, -0.15) is 0 Å². The number of alkyl halides is 1. The third-order valence-corrected chi connectivity index (χ3v) is 2.86. The van der Waals surface area contributed by atoms with E-state index in [4.69, 9.17) is 4.74 Å². The number of epoxide rings is 1. The first kappa shape index (κ1) is 10.5. The zero-order valence-corrected chi connectivity index (χ0v) is 9.96. The van der Waals surface area contributed by atoms with E-state index in [1.165, 1.54) is 0 Å². The van der Waals surface area contributed by atoms with Crippen LogP contribution >= 0.6 is 22.6 Å². The lowest BCUT2D eigenvalue weighted by Crippen LogP contribution is -2.34. The Morgan fingerprint density at radius 1 is 1.58 bits per heavy atom. The SMILES string of the molecule is C=C(C)[C@@H]1OC1C(I)NC(C)C. The molecule has 1 heterocycles. The normalized spacial score (nSPS) is 30.4. The second-order valence-electron chi connectivity index (χ2n) is 3.59. The maximum atomic E-state index is 5.47. The summed E-state index contributed by atoms with van der Waals surface area (Å²) in [4.78, 5) is 0. The van der Waals surface area contributed by atoms with Crippen LogP contribution in [0.5, 0.6) is 0 Å². The molecule has 2 nitrogen and oxygen atoms in total. The molecule has 3 heteroatoms. The molecule has 0 radical (unpaired) electrons. The third kappa shape index (κ3) is 2.71. The van der Waals surface area contributed by atoms with Crippen LogP contribution in [-0.2, 0) is 4.74 Å². The number of hydrogen-bond donors (Lipinski definition) is 1. The molecule has 1 aliphatic rings. The lowest BCUT2D eigenvalue weighted by atomic mass is 10.2. The Kier molecular flexibility index (Phi) is 3.55. The van der Waals surface area contributed by atoms with Crippen LogP contribution in [0.1, 0.15) is 20.8 Å². The van der Waals surface area contributed by atoms with Crippen molar-refractivity contribution in [3.63, 3.8) is 0 Å². The highest BCUT2D eigenvalue weighted by Gasteiger charge is 2.44. The molecule has 0 amide bonds. The molecule has 1 rings (SSSR count). The van der Waals surface area contributed by atoms with E-state index in [0.717, 1.165) is 5.57 Å². The van der Waals surface area contributed by atoms with Crippen molar-refractivity contribution in [2.45, 2.75) is 43.1 Å². The minimum Gasteiger partial charge on any atom is -0.362 e. The van der Waals surface area contributed by atoms with E-state index in [1.54, 1.807) is 0 Å². The minimum atomic E-state index is 0.290. The van der Waals surface area contributed by atoms with Gasteiger partial charge in [0.25, 0.3) is 0 Å². The van der Waals surface area contributed by atoms with Crippen LogP contribution in [0.2, 0.25) is 0 Å². The average molecular weight is 281 g/mol. The first-order valence-corrected chi connectivity index (χ1v) is 5.48. The summed E-state index contributed by atoms with van der Waals surface area (Å²) in [7, 11) is 0. The van der Waals surface area contributed by atoms with E-state index in [0.29, 0.717) is 16.2 Å². The Bertz CT molecular complexity index is 181. The molecule has 0 bridgehead atoms. The molecule has 1 saturated heterocycles. The maximum Gasteiger partial charge on any atom is 0.113 e. The van der Waals surface area contributed by atoms with Crippen molar-refractivity contribution in [3.05, 3.63) is 12.2 Å². The molecule has 1 fully saturated rings. The number of rotatable bonds is 4. The molecule has 0 aliphatic carbocycles. The monoisotopic (exact) mass is 281 g/mol. The largest absolute Gasteiger partial charge is 0.362 e. The van der Waals surface area contributed by atoms with Gasteiger partial charge in [-0.05, 0) is 26.3 Å². The van der Waals surface area contributed by atoms with Crippen LogP contribution in [-0.4, -0.2) is 22.3 Å². The van der Waals surface area contributed by atoms with Gasteiger partial charge >= 0.3 is 0 Å². The van der Waals surface area contributed by atoms with Gasteiger partial charge in [-0.25, -0.2) is 0 Å². The summed E-state index contributed by atoms with van der Waals surface area (Å²) in [5, 5.41) is 3.41. The summed E-state index contributed by atoms with van der Waals surface area (Å²) in [6.07, 6.45) is 0.628. The maximum absolute atomic E-state index is 5.47. The van der Waals surface area contributed by atoms with Crippen molar-refractivity contribution >= 4 is 22.6 Å². The molecule has 0 saturated carbocycles. The predicted molar refractivity (Wildman–Crippen MR) is 59.6 cm³/mol. The molecule has 1 aliphatic heterocycles. The van der Waals surface area contributed by atoms with Crippen LogP contribution in [0, 0.1) is 0 Å². The van der Waals surface area contributed by atoms with Crippen LogP contribution in [0.3, 0.4) is 0 Å². The average Bonchev–Trinajstić information content (AvgIpc) is 2.61. The number of nitrogens with one attached hydrogen (secondary N) is 1. The van der Waals surface area contributed by atoms with Gasteiger partial charge in [-0.15, -0.1) is 0 Å². The summed E-state index contributed by atoms with van der Waals surface area (Å²) in [6, 6.07) is 0.516. The van der Waals surface area contributed by atoms with Gasteiger partial charge < -0.3 is 10.1 Å². The fraction of sp³-hybridized carbons (Fsp3) is 0.778. The molecule has 0 aromatic heterocycles. The molecule has 12 heavy (non-hydrogen) atoms. The quantitative estimate of drug-likeness (QED) is 0.280. The summed E-state index contributed by atoms with van der Waals surface area (Å²) >= 11 is 2.38. The zero-order chi connectivity index (χ0) is 9.30.